The summed E-state index contributed by atoms with van der Waals surface area (Å²) in [6.45, 7) is 0.470. The highest BCUT2D eigenvalue weighted by atomic mass is 16.5. The first-order valence-corrected chi connectivity index (χ1v) is 7.96. The molecule has 0 saturated carbocycles. The van der Waals surface area contributed by atoms with Gasteiger partial charge in [0.15, 0.2) is 0 Å². The number of ether oxygens (including phenoxy) is 1. The molecule has 3 aromatic rings. The zero-order chi connectivity index (χ0) is 18.2. The summed E-state index contributed by atoms with van der Waals surface area (Å²) in [5, 5.41) is 13.0. The first kappa shape index (κ1) is 17.2. The zero-order valence-electron chi connectivity index (χ0n) is 13.9. The molecule has 2 aromatic carbocycles. The second-order valence-corrected chi connectivity index (χ2v) is 5.42. The highest BCUT2D eigenvalue weighted by Gasteiger charge is 2.03. The smallest absolute Gasteiger partial charge is 0.337 e. The highest BCUT2D eigenvalue weighted by molar-refractivity contribution is 5.87. The van der Waals surface area contributed by atoms with Crippen LogP contribution in [0.4, 0.5) is 5.82 Å². The Hall–Kier alpha value is -3.67. The predicted molar refractivity (Wildman–Crippen MR) is 99.6 cm³/mol. The second-order valence-electron chi connectivity index (χ2n) is 5.42. The molecule has 0 radical (unpaired) electrons. The molecule has 3 rings (SSSR count). The Morgan fingerprint density at radius 1 is 1.08 bits per heavy atom. The Kier molecular flexibility index (Phi) is 5.57. The van der Waals surface area contributed by atoms with E-state index < -0.39 is 5.97 Å². The molecule has 0 saturated heterocycles. The maximum absolute atomic E-state index is 10.8. The number of aromatic carboxylic acids is 1. The van der Waals surface area contributed by atoms with Gasteiger partial charge in [0.1, 0.15) is 18.2 Å². The number of nitrogens with one attached hydrogen (secondary N) is 1. The van der Waals surface area contributed by atoms with Crippen molar-refractivity contribution in [2.24, 2.45) is 5.10 Å². The van der Waals surface area contributed by atoms with Crippen molar-refractivity contribution in [2.45, 2.75) is 6.61 Å². The van der Waals surface area contributed by atoms with Crippen molar-refractivity contribution in [3.63, 3.8) is 0 Å². The third-order valence-corrected chi connectivity index (χ3v) is 3.55. The van der Waals surface area contributed by atoms with Gasteiger partial charge in [-0.25, -0.2) is 9.78 Å². The lowest BCUT2D eigenvalue weighted by Gasteiger charge is -2.09. The van der Waals surface area contributed by atoms with Crippen LogP contribution in [-0.4, -0.2) is 22.3 Å². The number of hydrogen-bond acceptors (Lipinski definition) is 5. The van der Waals surface area contributed by atoms with Gasteiger partial charge in [-0.1, -0.05) is 42.5 Å². The lowest BCUT2D eigenvalue weighted by molar-refractivity contribution is 0.0696. The SMILES string of the molecule is O=C(O)c1ccc(N/N=C/c2ccccc2OCc2ccccc2)nc1. The molecule has 0 fully saturated rings. The minimum absolute atomic E-state index is 0.124. The van der Waals surface area contributed by atoms with Gasteiger partial charge in [0.25, 0.3) is 0 Å². The third kappa shape index (κ3) is 4.67. The predicted octanol–water partition coefficient (Wildman–Crippen LogP) is 3.80. The van der Waals surface area contributed by atoms with Crippen molar-refractivity contribution in [2.75, 3.05) is 5.43 Å². The number of carboxylic acid groups (broad SMARTS) is 1. The van der Waals surface area contributed by atoms with Gasteiger partial charge in [-0.15, -0.1) is 0 Å². The Balaban J connectivity index is 1.64. The molecule has 1 aromatic heterocycles. The Morgan fingerprint density at radius 2 is 1.85 bits per heavy atom. The lowest BCUT2D eigenvalue weighted by atomic mass is 10.2. The van der Waals surface area contributed by atoms with Gasteiger partial charge in [0.2, 0.25) is 0 Å². The Bertz CT molecular complexity index is 894. The van der Waals surface area contributed by atoms with Crippen molar-refractivity contribution in [3.05, 3.63) is 89.6 Å². The van der Waals surface area contributed by atoms with Crippen LogP contribution in [0.15, 0.2) is 78.0 Å². The van der Waals surface area contributed by atoms with Gasteiger partial charge in [0, 0.05) is 11.8 Å². The number of benzene rings is 2. The van der Waals surface area contributed by atoms with Crippen LogP contribution in [0.5, 0.6) is 5.75 Å². The normalized spacial score (nSPS) is 10.6. The van der Waals surface area contributed by atoms with Crippen molar-refractivity contribution < 1.29 is 14.6 Å². The van der Waals surface area contributed by atoms with Crippen LogP contribution < -0.4 is 10.2 Å². The van der Waals surface area contributed by atoms with Crippen LogP contribution in [0.2, 0.25) is 0 Å². The summed E-state index contributed by atoms with van der Waals surface area (Å²) in [6, 6.07) is 20.5. The largest absolute Gasteiger partial charge is 0.488 e. The van der Waals surface area contributed by atoms with Gasteiger partial charge >= 0.3 is 5.97 Å². The van der Waals surface area contributed by atoms with Gasteiger partial charge in [-0.2, -0.15) is 5.10 Å². The fourth-order valence-electron chi connectivity index (χ4n) is 2.21. The maximum atomic E-state index is 10.8. The van der Waals surface area contributed by atoms with Gasteiger partial charge < -0.3 is 9.84 Å². The van der Waals surface area contributed by atoms with E-state index in [2.05, 4.69) is 15.5 Å². The summed E-state index contributed by atoms with van der Waals surface area (Å²) in [7, 11) is 0. The molecule has 0 atom stereocenters. The Morgan fingerprint density at radius 3 is 2.58 bits per heavy atom. The first-order valence-electron chi connectivity index (χ1n) is 7.96. The van der Waals surface area contributed by atoms with E-state index in [1.165, 1.54) is 12.3 Å². The number of nitrogens with zero attached hydrogens (tertiary/aromatic N) is 2. The number of rotatable bonds is 7. The minimum atomic E-state index is -1.02. The molecular weight excluding hydrogens is 330 g/mol. The number of carboxylic acids is 1. The lowest BCUT2D eigenvalue weighted by Crippen LogP contribution is -2.00. The molecule has 0 aliphatic heterocycles. The summed E-state index contributed by atoms with van der Waals surface area (Å²) < 4.78 is 5.87. The van der Waals surface area contributed by atoms with Crippen LogP contribution in [0.3, 0.4) is 0 Å². The number of hydrogen-bond donors (Lipinski definition) is 2. The van der Waals surface area contributed by atoms with Crippen molar-refractivity contribution in [3.8, 4) is 5.75 Å². The van der Waals surface area contributed by atoms with Crippen molar-refractivity contribution in [1.82, 2.24) is 4.98 Å². The van der Waals surface area contributed by atoms with Crippen molar-refractivity contribution in [1.29, 1.82) is 0 Å². The molecule has 0 aliphatic rings. The Labute approximate surface area is 150 Å². The number of carbonyl (C=O) groups is 1. The average molecular weight is 347 g/mol. The van der Waals surface area contributed by atoms with E-state index in [0.717, 1.165) is 16.9 Å². The molecule has 6 nitrogen and oxygen atoms in total. The number of pyridine rings is 1. The summed E-state index contributed by atoms with van der Waals surface area (Å²) in [6.07, 6.45) is 2.91. The number of para-hydroxylation sites is 1. The van der Waals surface area contributed by atoms with Crippen LogP contribution >= 0.6 is 0 Å². The van der Waals surface area contributed by atoms with E-state index >= 15 is 0 Å². The number of hydrazone groups is 1. The quantitative estimate of drug-likeness (QED) is 0.502. The van der Waals surface area contributed by atoms with E-state index in [0.29, 0.717) is 12.4 Å². The van der Waals surface area contributed by atoms with E-state index in [1.807, 2.05) is 54.6 Å². The van der Waals surface area contributed by atoms with E-state index in [4.69, 9.17) is 9.84 Å². The molecule has 0 unspecified atom stereocenters. The molecule has 0 bridgehead atoms. The summed E-state index contributed by atoms with van der Waals surface area (Å²) in [4.78, 5) is 14.8. The maximum Gasteiger partial charge on any atom is 0.337 e. The standard InChI is InChI=1S/C20H17N3O3/c24-20(25)17-10-11-19(21-12-17)23-22-13-16-8-4-5-9-18(16)26-14-15-6-2-1-3-7-15/h1-13H,14H2,(H,21,23)(H,24,25)/b22-13+. The first-order chi connectivity index (χ1) is 12.7. The molecule has 130 valence electrons. The molecule has 1 heterocycles. The molecule has 6 heteroatoms. The zero-order valence-corrected chi connectivity index (χ0v) is 13.9. The van der Waals surface area contributed by atoms with Crippen LogP contribution in [0.1, 0.15) is 21.5 Å². The highest BCUT2D eigenvalue weighted by Crippen LogP contribution is 2.17. The van der Waals surface area contributed by atoms with E-state index in [-0.39, 0.29) is 5.56 Å². The van der Waals surface area contributed by atoms with Gasteiger partial charge in [0.05, 0.1) is 11.8 Å². The minimum Gasteiger partial charge on any atom is -0.488 e. The third-order valence-electron chi connectivity index (χ3n) is 3.55. The van der Waals surface area contributed by atoms with E-state index in [1.54, 1.807) is 12.3 Å². The monoisotopic (exact) mass is 347 g/mol. The second kappa shape index (κ2) is 8.43. The molecule has 0 aliphatic carbocycles. The molecule has 2 N–H and O–H groups in total. The summed E-state index contributed by atoms with van der Waals surface area (Å²) >= 11 is 0. The summed E-state index contributed by atoms with van der Waals surface area (Å²) in [5.41, 5.74) is 4.80. The number of aromatic nitrogens is 1. The van der Waals surface area contributed by atoms with Crippen LogP contribution in [0.25, 0.3) is 0 Å². The topological polar surface area (TPSA) is 83.8 Å². The molecular formula is C20H17N3O3. The average Bonchev–Trinajstić information content (AvgIpc) is 2.68. The van der Waals surface area contributed by atoms with Crippen LogP contribution in [-0.2, 0) is 6.61 Å². The van der Waals surface area contributed by atoms with Crippen LogP contribution in [0, 0.1) is 0 Å². The summed E-state index contributed by atoms with van der Waals surface area (Å²) in [5.74, 6) is 0.155. The van der Waals surface area contributed by atoms with E-state index in [9.17, 15) is 4.79 Å². The molecule has 26 heavy (non-hydrogen) atoms. The van der Waals surface area contributed by atoms with Gasteiger partial charge in [-0.05, 0) is 29.8 Å². The molecule has 0 amide bonds. The fourth-order valence-corrected chi connectivity index (χ4v) is 2.21. The van der Waals surface area contributed by atoms with Gasteiger partial charge in [-0.3, -0.25) is 5.43 Å². The molecule has 0 spiro atoms. The number of anilines is 1. The van der Waals surface area contributed by atoms with Crippen molar-refractivity contribution >= 4 is 18.0 Å². The fraction of sp³-hybridized carbons (Fsp3) is 0.0500.